The van der Waals surface area contributed by atoms with Crippen molar-refractivity contribution in [3.05, 3.63) is 64.7 Å². The Morgan fingerprint density at radius 1 is 1.19 bits per heavy atom. The zero-order valence-corrected chi connectivity index (χ0v) is 12.0. The van der Waals surface area contributed by atoms with Gasteiger partial charge in [-0.3, -0.25) is 4.79 Å². The van der Waals surface area contributed by atoms with E-state index in [1.807, 2.05) is 30.3 Å². The minimum absolute atomic E-state index is 0.0719. The van der Waals surface area contributed by atoms with E-state index in [1.54, 1.807) is 0 Å². The molecule has 0 saturated carbocycles. The predicted molar refractivity (Wildman–Crippen MR) is 81.6 cm³/mol. The standard InChI is InChI=1S/C16H16ClNO3/c17-14-9-12(6-7-15(14)20)16(21)18-10-13(19)8-11-4-2-1-3-5-11/h1-7,9,13,19-20H,8,10H2,(H,18,21). The summed E-state index contributed by atoms with van der Waals surface area (Å²) in [5.41, 5.74) is 1.34. The first-order valence-corrected chi connectivity index (χ1v) is 6.93. The average molecular weight is 306 g/mol. The Balaban J connectivity index is 1.87. The van der Waals surface area contributed by atoms with Crippen LogP contribution in [0, 0.1) is 0 Å². The molecule has 0 aliphatic rings. The lowest BCUT2D eigenvalue weighted by Crippen LogP contribution is -2.33. The molecule has 0 saturated heterocycles. The van der Waals surface area contributed by atoms with Crippen LogP contribution in [0.4, 0.5) is 0 Å². The summed E-state index contributed by atoms with van der Waals surface area (Å²) in [6, 6.07) is 13.8. The Bertz CT molecular complexity index is 616. The molecule has 0 aliphatic heterocycles. The number of benzene rings is 2. The molecule has 0 aromatic heterocycles. The van der Waals surface area contributed by atoms with Gasteiger partial charge in [-0.25, -0.2) is 0 Å². The number of carbonyl (C=O) groups excluding carboxylic acids is 1. The first-order chi connectivity index (χ1) is 10.1. The number of carbonyl (C=O) groups is 1. The SMILES string of the molecule is O=C(NCC(O)Cc1ccccc1)c1ccc(O)c(Cl)c1. The number of rotatable bonds is 5. The lowest BCUT2D eigenvalue weighted by molar-refractivity contribution is 0.0916. The van der Waals surface area contributed by atoms with E-state index in [0.29, 0.717) is 12.0 Å². The number of nitrogens with one attached hydrogen (secondary N) is 1. The molecule has 0 spiro atoms. The molecular formula is C16H16ClNO3. The van der Waals surface area contributed by atoms with Crippen LogP contribution in [-0.2, 0) is 6.42 Å². The predicted octanol–water partition coefficient (Wildman–Crippen LogP) is 2.38. The molecule has 1 unspecified atom stereocenters. The maximum Gasteiger partial charge on any atom is 0.251 e. The van der Waals surface area contributed by atoms with Crippen molar-refractivity contribution in [1.29, 1.82) is 0 Å². The molecule has 2 aromatic rings. The Hall–Kier alpha value is -2.04. The molecule has 0 heterocycles. The molecular weight excluding hydrogens is 290 g/mol. The number of hydrogen-bond acceptors (Lipinski definition) is 3. The van der Waals surface area contributed by atoms with E-state index in [2.05, 4.69) is 5.32 Å². The van der Waals surface area contributed by atoms with Crippen LogP contribution in [0.2, 0.25) is 5.02 Å². The molecule has 5 heteroatoms. The summed E-state index contributed by atoms with van der Waals surface area (Å²) in [5, 5.41) is 22.0. The number of hydrogen-bond donors (Lipinski definition) is 3. The average Bonchev–Trinajstić information content (AvgIpc) is 2.48. The maximum atomic E-state index is 11.9. The Labute approximate surface area is 128 Å². The second-order valence-corrected chi connectivity index (χ2v) is 5.13. The highest BCUT2D eigenvalue weighted by atomic mass is 35.5. The van der Waals surface area contributed by atoms with Gasteiger partial charge in [-0.2, -0.15) is 0 Å². The molecule has 0 fully saturated rings. The van der Waals surface area contributed by atoms with Crippen LogP contribution in [0.15, 0.2) is 48.5 Å². The fourth-order valence-corrected chi connectivity index (χ4v) is 2.10. The highest BCUT2D eigenvalue weighted by Gasteiger charge is 2.11. The number of aromatic hydroxyl groups is 1. The van der Waals surface area contributed by atoms with Gasteiger partial charge >= 0.3 is 0 Å². The van der Waals surface area contributed by atoms with Crippen LogP contribution in [0.1, 0.15) is 15.9 Å². The highest BCUT2D eigenvalue weighted by Crippen LogP contribution is 2.23. The Morgan fingerprint density at radius 3 is 2.57 bits per heavy atom. The van der Waals surface area contributed by atoms with Crippen molar-refractivity contribution in [3.63, 3.8) is 0 Å². The topological polar surface area (TPSA) is 69.6 Å². The number of aliphatic hydroxyl groups is 1. The van der Waals surface area contributed by atoms with E-state index in [-0.39, 0.29) is 23.2 Å². The number of amides is 1. The summed E-state index contributed by atoms with van der Waals surface area (Å²) < 4.78 is 0. The van der Waals surface area contributed by atoms with E-state index in [0.717, 1.165) is 5.56 Å². The number of aliphatic hydroxyl groups excluding tert-OH is 1. The number of phenols is 1. The fraction of sp³-hybridized carbons (Fsp3) is 0.188. The van der Waals surface area contributed by atoms with Crippen molar-refractivity contribution >= 4 is 17.5 Å². The van der Waals surface area contributed by atoms with Crippen LogP contribution in [0.3, 0.4) is 0 Å². The van der Waals surface area contributed by atoms with Crippen LogP contribution < -0.4 is 5.32 Å². The fourth-order valence-electron chi connectivity index (χ4n) is 1.92. The summed E-state index contributed by atoms with van der Waals surface area (Å²) >= 11 is 5.75. The third-order valence-corrected chi connectivity index (χ3v) is 3.32. The Morgan fingerprint density at radius 2 is 1.90 bits per heavy atom. The highest BCUT2D eigenvalue weighted by molar-refractivity contribution is 6.32. The van der Waals surface area contributed by atoms with Crippen molar-refractivity contribution in [2.45, 2.75) is 12.5 Å². The maximum absolute atomic E-state index is 11.9. The zero-order valence-electron chi connectivity index (χ0n) is 11.3. The smallest absolute Gasteiger partial charge is 0.251 e. The molecule has 2 rings (SSSR count). The third-order valence-electron chi connectivity index (χ3n) is 3.02. The van der Waals surface area contributed by atoms with E-state index in [4.69, 9.17) is 11.6 Å². The molecule has 0 aliphatic carbocycles. The van der Waals surface area contributed by atoms with Gasteiger partial charge in [0.1, 0.15) is 5.75 Å². The van der Waals surface area contributed by atoms with Crippen molar-refractivity contribution in [2.75, 3.05) is 6.54 Å². The van der Waals surface area contributed by atoms with Gasteiger partial charge in [0.2, 0.25) is 0 Å². The molecule has 3 N–H and O–H groups in total. The first-order valence-electron chi connectivity index (χ1n) is 6.55. The lowest BCUT2D eigenvalue weighted by atomic mass is 10.1. The summed E-state index contributed by atoms with van der Waals surface area (Å²) in [5.74, 6) is -0.415. The quantitative estimate of drug-likeness (QED) is 0.794. The van der Waals surface area contributed by atoms with Crippen molar-refractivity contribution < 1.29 is 15.0 Å². The first kappa shape index (κ1) is 15.4. The van der Waals surface area contributed by atoms with Gasteiger partial charge in [0.25, 0.3) is 5.91 Å². The van der Waals surface area contributed by atoms with Gasteiger partial charge in [-0.1, -0.05) is 41.9 Å². The van der Waals surface area contributed by atoms with Crippen molar-refractivity contribution in [2.24, 2.45) is 0 Å². The normalized spacial score (nSPS) is 11.9. The van der Waals surface area contributed by atoms with Gasteiger partial charge in [-0.15, -0.1) is 0 Å². The minimum Gasteiger partial charge on any atom is -0.506 e. The second kappa shape index (κ2) is 7.11. The number of phenolic OH excluding ortho intramolecular Hbond substituents is 1. The van der Waals surface area contributed by atoms with Crippen molar-refractivity contribution in [1.82, 2.24) is 5.32 Å². The third kappa shape index (κ3) is 4.48. The second-order valence-electron chi connectivity index (χ2n) is 4.72. The lowest BCUT2D eigenvalue weighted by Gasteiger charge is -2.12. The van der Waals surface area contributed by atoms with Crippen molar-refractivity contribution in [3.8, 4) is 5.75 Å². The zero-order chi connectivity index (χ0) is 15.2. The van der Waals surface area contributed by atoms with E-state index in [9.17, 15) is 15.0 Å². The molecule has 4 nitrogen and oxygen atoms in total. The molecule has 0 radical (unpaired) electrons. The van der Waals surface area contributed by atoms with Crippen LogP contribution in [-0.4, -0.2) is 28.8 Å². The molecule has 21 heavy (non-hydrogen) atoms. The monoisotopic (exact) mass is 305 g/mol. The van der Waals surface area contributed by atoms with E-state index in [1.165, 1.54) is 18.2 Å². The van der Waals surface area contributed by atoms with Gasteiger partial charge < -0.3 is 15.5 Å². The molecule has 1 amide bonds. The van der Waals surface area contributed by atoms with Crippen LogP contribution in [0.25, 0.3) is 0 Å². The molecule has 2 aromatic carbocycles. The summed E-state index contributed by atoms with van der Waals surface area (Å²) in [7, 11) is 0. The largest absolute Gasteiger partial charge is 0.506 e. The van der Waals surface area contributed by atoms with Crippen LogP contribution >= 0.6 is 11.6 Å². The minimum atomic E-state index is -0.663. The van der Waals surface area contributed by atoms with E-state index >= 15 is 0 Å². The molecule has 1 atom stereocenters. The summed E-state index contributed by atoms with van der Waals surface area (Å²) in [6.07, 6.45) is -0.193. The molecule has 0 bridgehead atoms. The molecule has 110 valence electrons. The Kier molecular flexibility index (Phi) is 5.20. The summed E-state index contributed by atoms with van der Waals surface area (Å²) in [4.78, 5) is 11.9. The van der Waals surface area contributed by atoms with Gasteiger partial charge in [-0.05, 0) is 23.8 Å². The summed E-state index contributed by atoms with van der Waals surface area (Å²) in [6.45, 7) is 0.145. The van der Waals surface area contributed by atoms with Gasteiger partial charge in [0, 0.05) is 18.5 Å². The van der Waals surface area contributed by atoms with Crippen LogP contribution in [0.5, 0.6) is 5.75 Å². The number of halogens is 1. The van der Waals surface area contributed by atoms with Gasteiger partial charge in [0.05, 0.1) is 11.1 Å². The van der Waals surface area contributed by atoms with E-state index < -0.39 is 6.10 Å². The van der Waals surface area contributed by atoms with Gasteiger partial charge in [0.15, 0.2) is 0 Å².